The lowest BCUT2D eigenvalue weighted by Crippen LogP contribution is -2.34. The molecule has 3 aromatic rings. The highest BCUT2D eigenvalue weighted by molar-refractivity contribution is 5.79. The number of hydrogen-bond donors (Lipinski definition) is 1. The summed E-state index contributed by atoms with van der Waals surface area (Å²) in [4.78, 5) is 19.7. The summed E-state index contributed by atoms with van der Waals surface area (Å²) in [5.74, 6) is 1.16. The summed E-state index contributed by atoms with van der Waals surface area (Å²) < 4.78 is 3.63. The SMILES string of the molecule is Cn1c([N+](=O)[O-])cnc1-c1nc2ccccc2n1CCC1CCCCN1. The number of imidazole rings is 2. The van der Waals surface area contributed by atoms with Crippen molar-refractivity contribution in [3.63, 3.8) is 0 Å². The minimum Gasteiger partial charge on any atom is -0.358 e. The van der Waals surface area contributed by atoms with E-state index < -0.39 is 4.92 Å². The first-order chi connectivity index (χ1) is 12.6. The molecule has 0 amide bonds. The maximum atomic E-state index is 11.2. The molecule has 1 aromatic carbocycles. The van der Waals surface area contributed by atoms with E-state index in [1.54, 1.807) is 7.05 Å². The highest BCUT2D eigenvalue weighted by Crippen LogP contribution is 2.27. The molecular weight excluding hydrogens is 332 g/mol. The maximum absolute atomic E-state index is 11.2. The number of para-hydroxylation sites is 2. The van der Waals surface area contributed by atoms with Gasteiger partial charge >= 0.3 is 5.82 Å². The molecule has 1 N–H and O–H groups in total. The van der Waals surface area contributed by atoms with Gasteiger partial charge in [0.1, 0.15) is 6.20 Å². The van der Waals surface area contributed by atoms with Crippen molar-refractivity contribution in [3.05, 3.63) is 40.6 Å². The minimum atomic E-state index is -0.421. The van der Waals surface area contributed by atoms with Gasteiger partial charge in [-0.25, -0.2) is 14.5 Å². The molecular formula is C18H22N6O2. The van der Waals surface area contributed by atoms with Crippen molar-refractivity contribution in [2.45, 2.75) is 38.3 Å². The standard InChI is InChI=1S/C18H22N6O2/c1-22-16(24(25)26)12-20-17(22)18-21-14-7-2-3-8-15(14)23(18)11-9-13-6-4-5-10-19-13/h2-3,7-8,12-13,19H,4-6,9-11H2,1H3. The summed E-state index contributed by atoms with van der Waals surface area (Å²) in [6, 6.07) is 8.45. The molecule has 0 saturated carbocycles. The summed E-state index contributed by atoms with van der Waals surface area (Å²) in [5, 5.41) is 14.7. The van der Waals surface area contributed by atoms with Crippen LogP contribution in [0.25, 0.3) is 22.7 Å². The number of rotatable bonds is 5. The van der Waals surface area contributed by atoms with Crippen LogP contribution in [0, 0.1) is 10.1 Å². The number of aryl methyl sites for hydroxylation is 1. The Morgan fingerprint density at radius 2 is 2.15 bits per heavy atom. The Bertz CT molecular complexity index is 938. The normalized spacial score (nSPS) is 17.7. The second kappa shape index (κ2) is 6.87. The lowest BCUT2D eigenvalue weighted by molar-refractivity contribution is -0.391. The molecule has 0 radical (unpaired) electrons. The van der Waals surface area contributed by atoms with E-state index in [2.05, 4.69) is 14.9 Å². The van der Waals surface area contributed by atoms with Gasteiger partial charge in [-0.2, -0.15) is 0 Å². The molecule has 4 rings (SSSR count). The topological polar surface area (TPSA) is 90.8 Å². The third-order valence-electron chi connectivity index (χ3n) is 5.12. The molecule has 2 aromatic heterocycles. The molecule has 1 fully saturated rings. The Labute approximate surface area is 151 Å². The number of nitrogens with one attached hydrogen (secondary N) is 1. The van der Waals surface area contributed by atoms with E-state index >= 15 is 0 Å². The van der Waals surface area contributed by atoms with E-state index in [0.717, 1.165) is 30.5 Å². The maximum Gasteiger partial charge on any atom is 0.343 e. The Kier molecular flexibility index (Phi) is 4.42. The Balaban J connectivity index is 1.73. The fraction of sp³-hybridized carbons (Fsp3) is 0.444. The number of benzene rings is 1. The lowest BCUT2D eigenvalue weighted by atomic mass is 10.0. The predicted octanol–water partition coefficient (Wildman–Crippen LogP) is 2.88. The fourth-order valence-electron chi connectivity index (χ4n) is 3.71. The van der Waals surface area contributed by atoms with E-state index in [-0.39, 0.29) is 5.82 Å². The molecule has 136 valence electrons. The average molecular weight is 354 g/mol. The van der Waals surface area contributed by atoms with E-state index in [1.807, 2.05) is 24.3 Å². The van der Waals surface area contributed by atoms with E-state index in [9.17, 15) is 10.1 Å². The van der Waals surface area contributed by atoms with Gasteiger partial charge in [0.2, 0.25) is 5.82 Å². The molecule has 3 heterocycles. The zero-order chi connectivity index (χ0) is 18.1. The van der Waals surface area contributed by atoms with Crippen molar-refractivity contribution in [2.75, 3.05) is 6.54 Å². The molecule has 0 aliphatic carbocycles. The molecule has 1 aliphatic heterocycles. The molecule has 1 atom stereocenters. The molecule has 0 spiro atoms. The number of hydrogen-bond acceptors (Lipinski definition) is 5. The highest BCUT2D eigenvalue weighted by Gasteiger charge is 2.24. The second-order valence-electron chi connectivity index (χ2n) is 6.77. The van der Waals surface area contributed by atoms with Gasteiger partial charge in [-0.15, -0.1) is 0 Å². The number of fused-ring (bicyclic) bond motifs is 1. The average Bonchev–Trinajstić information content (AvgIpc) is 3.21. The monoisotopic (exact) mass is 354 g/mol. The van der Waals surface area contributed by atoms with Crippen molar-refractivity contribution < 1.29 is 4.92 Å². The highest BCUT2D eigenvalue weighted by atomic mass is 16.6. The molecule has 1 saturated heterocycles. The van der Waals surface area contributed by atoms with Crippen molar-refractivity contribution in [3.8, 4) is 11.6 Å². The number of nitro groups is 1. The first kappa shape index (κ1) is 16.7. The molecule has 8 heteroatoms. The van der Waals surface area contributed by atoms with Crippen molar-refractivity contribution >= 4 is 16.9 Å². The summed E-state index contributed by atoms with van der Waals surface area (Å²) in [6.07, 6.45) is 5.99. The van der Waals surface area contributed by atoms with Crippen molar-refractivity contribution in [2.24, 2.45) is 7.05 Å². The van der Waals surface area contributed by atoms with Crippen molar-refractivity contribution in [1.82, 2.24) is 24.4 Å². The molecule has 0 bridgehead atoms. The van der Waals surface area contributed by atoms with Crippen LogP contribution in [0.15, 0.2) is 30.5 Å². The van der Waals surface area contributed by atoms with Crippen LogP contribution in [0.3, 0.4) is 0 Å². The van der Waals surface area contributed by atoms with Gasteiger partial charge in [-0.1, -0.05) is 18.6 Å². The van der Waals surface area contributed by atoms with Gasteiger partial charge in [0, 0.05) is 12.6 Å². The van der Waals surface area contributed by atoms with Crippen LogP contribution < -0.4 is 5.32 Å². The third-order valence-corrected chi connectivity index (χ3v) is 5.12. The first-order valence-corrected chi connectivity index (χ1v) is 9.00. The van der Waals surface area contributed by atoms with Gasteiger partial charge in [0.25, 0.3) is 5.82 Å². The van der Waals surface area contributed by atoms with Crippen LogP contribution in [-0.4, -0.2) is 36.6 Å². The van der Waals surface area contributed by atoms with Crippen LogP contribution >= 0.6 is 0 Å². The fourth-order valence-corrected chi connectivity index (χ4v) is 3.71. The first-order valence-electron chi connectivity index (χ1n) is 9.00. The van der Waals surface area contributed by atoms with Gasteiger partial charge < -0.3 is 20.0 Å². The quantitative estimate of drug-likeness (QED) is 0.562. The van der Waals surface area contributed by atoms with E-state index in [1.165, 1.54) is 30.0 Å². The molecule has 1 aliphatic rings. The smallest absolute Gasteiger partial charge is 0.343 e. The second-order valence-corrected chi connectivity index (χ2v) is 6.77. The van der Waals surface area contributed by atoms with E-state index in [4.69, 9.17) is 4.98 Å². The van der Waals surface area contributed by atoms with Gasteiger partial charge in [-0.3, -0.25) is 0 Å². The predicted molar refractivity (Wildman–Crippen MR) is 98.8 cm³/mol. The lowest BCUT2D eigenvalue weighted by Gasteiger charge is -2.23. The van der Waals surface area contributed by atoms with Crippen molar-refractivity contribution in [1.29, 1.82) is 0 Å². The summed E-state index contributed by atoms with van der Waals surface area (Å²) >= 11 is 0. The van der Waals surface area contributed by atoms with Gasteiger partial charge in [-0.05, 0) is 42.9 Å². The Hall–Kier alpha value is -2.74. The zero-order valence-electron chi connectivity index (χ0n) is 14.8. The minimum absolute atomic E-state index is 0.0347. The molecule has 8 nitrogen and oxygen atoms in total. The molecule has 26 heavy (non-hydrogen) atoms. The van der Waals surface area contributed by atoms with Crippen LogP contribution in [0.5, 0.6) is 0 Å². The number of piperidine rings is 1. The van der Waals surface area contributed by atoms with Gasteiger partial charge in [0.05, 0.1) is 18.1 Å². The molecule has 1 unspecified atom stereocenters. The number of aromatic nitrogens is 4. The van der Waals surface area contributed by atoms with E-state index in [0.29, 0.717) is 17.7 Å². The van der Waals surface area contributed by atoms with Gasteiger partial charge in [0.15, 0.2) is 0 Å². The van der Waals surface area contributed by atoms with Crippen LogP contribution in [0.1, 0.15) is 25.7 Å². The Morgan fingerprint density at radius 1 is 1.31 bits per heavy atom. The third kappa shape index (κ3) is 2.96. The summed E-state index contributed by atoms with van der Waals surface area (Å²) in [5.41, 5.74) is 1.91. The Morgan fingerprint density at radius 3 is 2.88 bits per heavy atom. The zero-order valence-corrected chi connectivity index (χ0v) is 14.8. The largest absolute Gasteiger partial charge is 0.358 e. The number of nitrogens with zero attached hydrogens (tertiary/aromatic N) is 5. The van der Waals surface area contributed by atoms with Crippen LogP contribution in [0.2, 0.25) is 0 Å². The summed E-state index contributed by atoms with van der Waals surface area (Å²) in [7, 11) is 1.66. The van der Waals surface area contributed by atoms with Crippen LogP contribution in [-0.2, 0) is 13.6 Å². The van der Waals surface area contributed by atoms with Crippen LogP contribution in [0.4, 0.5) is 5.82 Å². The summed E-state index contributed by atoms with van der Waals surface area (Å²) in [6.45, 7) is 1.88.